The lowest BCUT2D eigenvalue weighted by Crippen LogP contribution is -2.26. The van der Waals surface area contributed by atoms with Gasteiger partial charge < -0.3 is 10.2 Å². The van der Waals surface area contributed by atoms with E-state index in [9.17, 15) is 0 Å². The van der Waals surface area contributed by atoms with Crippen LogP contribution in [0, 0.1) is 0 Å². The third-order valence-corrected chi connectivity index (χ3v) is 3.92. The van der Waals surface area contributed by atoms with Crippen molar-refractivity contribution in [1.82, 2.24) is 14.9 Å². The Labute approximate surface area is 118 Å². The number of aromatic nitrogens is 2. The molecule has 1 aromatic heterocycles. The van der Waals surface area contributed by atoms with Crippen molar-refractivity contribution in [2.24, 2.45) is 0 Å². The van der Waals surface area contributed by atoms with Gasteiger partial charge in [0.15, 0.2) is 0 Å². The minimum Gasteiger partial charge on any atom is -0.372 e. The van der Waals surface area contributed by atoms with Gasteiger partial charge in [0.1, 0.15) is 11.6 Å². The van der Waals surface area contributed by atoms with Crippen molar-refractivity contribution in [3.63, 3.8) is 0 Å². The molecule has 0 amide bonds. The van der Waals surface area contributed by atoms with Crippen LogP contribution in [0.2, 0.25) is 0 Å². The lowest BCUT2D eigenvalue weighted by atomic mass is 10.3. The Balaban J connectivity index is 2.82. The zero-order valence-electron chi connectivity index (χ0n) is 11.8. The first kappa shape index (κ1) is 15.4. The number of halogens is 1. The first-order chi connectivity index (χ1) is 8.65. The smallest absolute Gasteiger partial charge is 0.144 e. The van der Waals surface area contributed by atoms with E-state index >= 15 is 0 Å². The van der Waals surface area contributed by atoms with Crippen LogP contribution in [-0.2, 0) is 12.8 Å². The van der Waals surface area contributed by atoms with Crippen molar-refractivity contribution in [2.45, 2.75) is 33.6 Å². The normalized spacial score (nSPS) is 11.0. The van der Waals surface area contributed by atoms with E-state index in [0.717, 1.165) is 54.3 Å². The summed E-state index contributed by atoms with van der Waals surface area (Å²) in [6, 6.07) is 0. The lowest BCUT2D eigenvalue weighted by Gasteiger charge is -2.17. The predicted octanol–water partition coefficient (Wildman–Crippen LogP) is 2.73. The van der Waals surface area contributed by atoms with Crippen LogP contribution in [0.4, 0.5) is 5.82 Å². The molecule has 0 radical (unpaired) electrons. The molecule has 0 aromatic carbocycles. The SMILES string of the molecule is CCc1nc(CCN(CC)CC)nc(NC)c1Br. The highest BCUT2D eigenvalue weighted by atomic mass is 79.9. The highest BCUT2D eigenvalue weighted by molar-refractivity contribution is 9.10. The highest BCUT2D eigenvalue weighted by Crippen LogP contribution is 2.23. The topological polar surface area (TPSA) is 41.1 Å². The average Bonchev–Trinajstić information content (AvgIpc) is 2.41. The van der Waals surface area contributed by atoms with Crippen LogP contribution in [0.3, 0.4) is 0 Å². The number of anilines is 1. The van der Waals surface area contributed by atoms with E-state index in [4.69, 9.17) is 0 Å². The van der Waals surface area contributed by atoms with E-state index < -0.39 is 0 Å². The van der Waals surface area contributed by atoms with Crippen LogP contribution in [0.5, 0.6) is 0 Å². The molecule has 0 saturated carbocycles. The molecule has 0 aliphatic heterocycles. The van der Waals surface area contributed by atoms with Gasteiger partial charge in [0.05, 0.1) is 10.2 Å². The molecule has 18 heavy (non-hydrogen) atoms. The van der Waals surface area contributed by atoms with E-state index in [1.807, 2.05) is 7.05 Å². The molecule has 0 saturated heterocycles. The van der Waals surface area contributed by atoms with Gasteiger partial charge in [-0.3, -0.25) is 0 Å². The van der Waals surface area contributed by atoms with Gasteiger partial charge in [-0.05, 0) is 35.4 Å². The Bertz CT molecular complexity index is 352. The largest absolute Gasteiger partial charge is 0.372 e. The Kier molecular flexibility index (Phi) is 6.57. The van der Waals surface area contributed by atoms with Gasteiger partial charge in [-0.2, -0.15) is 0 Å². The van der Waals surface area contributed by atoms with E-state index in [-0.39, 0.29) is 0 Å². The van der Waals surface area contributed by atoms with E-state index in [2.05, 4.69) is 56.9 Å². The monoisotopic (exact) mass is 314 g/mol. The number of hydrogen-bond donors (Lipinski definition) is 1. The summed E-state index contributed by atoms with van der Waals surface area (Å²) in [5, 5.41) is 3.11. The Morgan fingerprint density at radius 2 is 1.83 bits per heavy atom. The molecular formula is C13H23BrN4. The number of aryl methyl sites for hydroxylation is 1. The van der Waals surface area contributed by atoms with Crippen molar-refractivity contribution in [3.05, 3.63) is 16.0 Å². The zero-order chi connectivity index (χ0) is 13.5. The van der Waals surface area contributed by atoms with Crippen LogP contribution in [0.25, 0.3) is 0 Å². The van der Waals surface area contributed by atoms with Crippen molar-refractivity contribution in [2.75, 3.05) is 32.0 Å². The van der Waals surface area contributed by atoms with Gasteiger partial charge in [-0.15, -0.1) is 0 Å². The Morgan fingerprint density at radius 1 is 1.17 bits per heavy atom. The van der Waals surface area contributed by atoms with E-state index in [0.29, 0.717) is 0 Å². The quantitative estimate of drug-likeness (QED) is 0.840. The molecule has 0 spiro atoms. The molecule has 4 nitrogen and oxygen atoms in total. The second kappa shape index (κ2) is 7.69. The van der Waals surface area contributed by atoms with Crippen molar-refractivity contribution < 1.29 is 0 Å². The maximum atomic E-state index is 4.62. The highest BCUT2D eigenvalue weighted by Gasteiger charge is 2.10. The third-order valence-electron chi connectivity index (χ3n) is 3.08. The fourth-order valence-electron chi connectivity index (χ4n) is 1.85. The summed E-state index contributed by atoms with van der Waals surface area (Å²) < 4.78 is 0.985. The maximum absolute atomic E-state index is 4.62. The summed E-state index contributed by atoms with van der Waals surface area (Å²) in [5.74, 6) is 1.81. The summed E-state index contributed by atoms with van der Waals surface area (Å²) in [6.45, 7) is 9.64. The molecule has 0 aliphatic carbocycles. The molecule has 1 N–H and O–H groups in total. The molecule has 1 aromatic rings. The molecule has 0 unspecified atom stereocenters. The zero-order valence-corrected chi connectivity index (χ0v) is 13.3. The Hall–Kier alpha value is -0.680. The molecule has 1 heterocycles. The minimum absolute atomic E-state index is 0.886. The molecular weight excluding hydrogens is 292 g/mol. The second-order valence-electron chi connectivity index (χ2n) is 4.13. The van der Waals surface area contributed by atoms with Crippen LogP contribution in [0.1, 0.15) is 32.3 Å². The lowest BCUT2D eigenvalue weighted by molar-refractivity contribution is 0.305. The summed E-state index contributed by atoms with van der Waals surface area (Å²) in [5.41, 5.74) is 1.07. The van der Waals surface area contributed by atoms with Crippen molar-refractivity contribution in [3.8, 4) is 0 Å². The molecule has 102 valence electrons. The van der Waals surface area contributed by atoms with E-state index in [1.165, 1.54) is 0 Å². The minimum atomic E-state index is 0.886. The summed E-state index contributed by atoms with van der Waals surface area (Å²) in [7, 11) is 1.89. The number of hydrogen-bond acceptors (Lipinski definition) is 4. The average molecular weight is 315 g/mol. The molecule has 0 aliphatic rings. The summed E-state index contributed by atoms with van der Waals surface area (Å²) >= 11 is 3.55. The van der Waals surface area contributed by atoms with Crippen LogP contribution < -0.4 is 5.32 Å². The molecule has 1 rings (SSSR count). The fourth-order valence-corrected chi connectivity index (χ4v) is 2.51. The number of nitrogens with zero attached hydrogens (tertiary/aromatic N) is 3. The number of rotatable bonds is 7. The number of likely N-dealkylation sites (N-methyl/N-ethyl adjacent to an activating group) is 1. The summed E-state index contributed by atoms with van der Waals surface area (Å²) in [6.07, 6.45) is 1.81. The Morgan fingerprint density at radius 3 is 2.33 bits per heavy atom. The molecule has 0 fully saturated rings. The van der Waals surface area contributed by atoms with Gasteiger partial charge in [0, 0.05) is 20.0 Å². The van der Waals surface area contributed by atoms with E-state index in [1.54, 1.807) is 0 Å². The van der Waals surface area contributed by atoms with Gasteiger partial charge in [-0.25, -0.2) is 9.97 Å². The molecule has 0 bridgehead atoms. The molecule has 5 heteroatoms. The standard InChI is InChI=1S/C13H23BrN4/c1-5-10-12(14)13(15-4)17-11(16-10)8-9-18(6-2)7-3/h5-9H2,1-4H3,(H,15,16,17). The first-order valence-electron chi connectivity index (χ1n) is 6.61. The van der Waals surface area contributed by atoms with Gasteiger partial charge in [0.25, 0.3) is 0 Å². The van der Waals surface area contributed by atoms with Crippen LogP contribution in [0.15, 0.2) is 4.47 Å². The van der Waals surface area contributed by atoms with Crippen LogP contribution in [-0.4, -0.2) is 41.5 Å². The third kappa shape index (κ3) is 3.92. The second-order valence-corrected chi connectivity index (χ2v) is 4.92. The van der Waals surface area contributed by atoms with Crippen LogP contribution >= 0.6 is 15.9 Å². The van der Waals surface area contributed by atoms with Gasteiger partial charge >= 0.3 is 0 Å². The fraction of sp³-hybridized carbons (Fsp3) is 0.692. The molecule has 0 atom stereocenters. The predicted molar refractivity (Wildman–Crippen MR) is 80.1 cm³/mol. The van der Waals surface area contributed by atoms with Gasteiger partial charge in [-0.1, -0.05) is 20.8 Å². The van der Waals surface area contributed by atoms with Gasteiger partial charge in [0.2, 0.25) is 0 Å². The van der Waals surface area contributed by atoms with Crippen molar-refractivity contribution in [1.29, 1.82) is 0 Å². The summed E-state index contributed by atoms with van der Waals surface area (Å²) in [4.78, 5) is 11.5. The maximum Gasteiger partial charge on any atom is 0.144 e. The number of nitrogens with one attached hydrogen (secondary N) is 1. The van der Waals surface area contributed by atoms with Crippen molar-refractivity contribution >= 4 is 21.7 Å². The first-order valence-corrected chi connectivity index (χ1v) is 7.40.